The number of rotatable bonds is 7. The van der Waals surface area contributed by atoms with Gasteiger partial charge in [0.2, 0.25) is 15.9 Å². The maximum Gasteiger partial charge on any atom is 0.240 e. The van der Waals surface area contributed by atoms with Gasteiger partial charge in [0.25, 0.3) is 0 Å². The summed E-state index contributed by atoms with van der Waals surface area (Å²) in [5.41, 5.74) is 0. The normalized spacial score (nSPS) is 15.9. The van der Waals surface area contributed by atoms with Gasteiger partial charge >= 0.3 is 0 Å². The van der Waals surface area contributed by atoms with E-state index in [4.69, 9.17) is 0 Å². The molecule has 22 heavy (non-hydrogen) atoms. The SMILES string of the molecule is O=C(CCNS(=O)(=O)c1cccc(Br)c1)NCC1CCCC1. The van der Waals surface area contributed by atoms with Crippen molar-refractivity contribution in [3.63, 3.8) is 0 Å². The fourth-order valence-electron chi connectivity index (χ4n) is 2.58. The van der Waals surface area contributed by atoms with E-state index in [1.54, 1.807) is 12.1 Å². The van der Waals surface area contributed by atoms with Crippen LogP contribution in [-0.2, 0) is 14.8 Å². The van der Waals surface area contributed by atoms with E-state index in [-0.39, 0.29) is 23.8 Å². The van der Waals surface area contributed by atoms with Crippen LogP contribution in [0.2, 0.25) is 0 Å². The molecule has 1 aliphatic rings. The fourth-order valence-corrected chi connectivity index (χ4v) is 4.21. The van der Waals surface area contributed by atoms with Gasteiger partial charge in [-0.2, -0.15) is 0 Å². The second-order valence-electron chi connectivity index (χ2n) is 5.56. The van der Waals surface area contributed by atoms with E-state index in [0.29, 0.717) is 16.9 Å². The fraction of sp³-hybridized carbons (Fsp3) is 0.533. The summed E-state index contributed by atoms with van der Waals surface area (Å²) in [5.74, 6) is 0.478. The molecule has 1 amide bonds. The van der Waals surface area contributed by atoms with Crippen molar-refractivity contribution in [2.24, 2.45) is 5.92 Å². The van der Waals surface area contributed by atoms with E-state index >= 15 is 0 Å². The van der Waals surface area contributed by atoms with Crippen LogP contribution < -0.4 is 10.0 Å². The Morgan fingerprint density at radius 2 is 2.00 bits per heavy atom. The third-order valence-corrected chi connectivity index (χ3v) is 5.77. The van der Waals surface area contributed by atoms with E-state index in [9.17, 15) is 13.2 Å². The van der Waals surface area contributed by atoms with E-state index in [0.717, 1.165) is 0 Å². The van der Waals surface area contributed by atoms with Crippen molar-refractivity contribution in [2.75, 3.05) is 13.1 Å². The average molecular weight is 389 g/mol. The lowest BCUT2D eigenvalue weighted by Gasteiger charge is -2.11. The number of hydrogen-bond donors (Lipinski definition) is 2. The predicted molar refractivity (Wildman–Crippen MR) is 88.9 cm³/mol. The van der Waals surface area contributed by atoms with Crippen molar-refractivity contribution in [1.82, 2.24) is 10.0 Å². The Balaban J connectivity index is 1.73. The molecule has 122 valence electrons. The van der Waals surface area contributed by atoms with Gasteiger partial charge in [-0.05, 0) is 37.0 Å². The highest BCUT2D eigenvalue weighted by Crippen LogP contribution is 2.23. The maximum atomic E-state index is 12.1. The Labute approximate surface area is 140 Å². The molecule has 0 saturated heterocycles. The third kappa shape index (κ3) is 5.37. The molecule has 0 aliphatic heterocycles. The highest BCUT2D eigenvalue weighted by atomic mass is 79.9. The minimum atomic E-state index is -3.57. The van der Waals surface area contributed by atoms with Gasteiger partial charge in [-0.25, -0.2) is 13.1 Å². The lowest BCUT2D eigenvalue weighted by atomic mass is 10.1. The molecular weight excluding hydrogens is 368 g/mol. The minimum Gasteiger partial charge on any atom is -0.356 e. The molecule has 1 fully saturated rings. The molecule has 2 rings (SSSR count). The van der Waals surface area contributed by atoms with Crippen LogP contribution in [0.1, 0.15) is 32.1 Å². The predicted octanol–water partition coefficient (Wildman–Crippen LogP) is 2.42. The van der Waals surface area contributed by atoms with Crippen molar-refractivity contribution in [2.45, 2.75) is 37.0 Å². The molecule has 7 heteroatoms. The van der Waals surface area contributed by atoms with Gasteiger partial charge in [0, 0.05) is 24.0 Å². The van der Waals surface area contributed by atoms with Gasteiger partial charge in [-0.15, -0.1) is 0 Å². The van der Waals surface area contributed by atoms with Crippen LogP contribution in [0.25, 0.3) is 0 Å². The summed E-state index contributed by atoms with van der Waals surface area (Å²) in [6.45, 7) is 0.808. The Hall–Kier alpha value is -0.920. The van der Waals surface area contributed by atoms with Gasteiger partial charge in [-0.3, -0.25) is 4.79 Å². The van der Waals surface area contributed by atoms with Gasteiger partial charge < -0.3 is 5.32 Å². The second kappa shape index (κ2) is 8.08. The lowest BCUT2D eigenvalue weighted by molar-refractivity contribution is -0.121. The van der Waals surface area contributed by atoms with Crippen LogP contribution in [0, 0.1) is 5.92 Å². The molecule has 0 radical (unpaired) electrons. The third-order valence-electron chi connectivity index (χ3n) is 3.81. The largest absolute Gasteiger partial charge is 0.356 e. The van der Waals surface area contributed by atoms with Crippen LogP contribution in [-0.4, -0.2) is 27.4 Å². The molecule has 0 heterocycles. The zero-order valence-corrected chi connectivity index (χ0v) is 14.7. The standard InChI is InChI=1S/C15H21BrN2O3S/c16-13-6-3-7-14(10-13)22(20,21)18-9-8-15(19)17-11-12-4-1-2-5-12/h3,6-7,10,12,18H,1-2,4-5,8-9,11H2,(H,17,19). The van der Waals surface area contributed by atoms with Crippen LogP contribution in [0.15, 0.2) is 33.6 Å². The Morgan fingerprint density at radius 1 is 1.27 bits per heavy atom. The number of carbonyl (C=O) groups excluding carboxylic acids is 1. The molecule has 0 aromatic heterocycles. The van der Waals surface area contributed by atoms with Crippen molar-refractivity contribution in [1.29, 1.82) is 0 Å². The Bertz CT molecular complexity index is 613. The first-order valence-corrected chi connectivity index (χ1v) is 9.77. The summed E-state index contributed by atoms with van der Waals surface area (Å²) in [4.78, 5) is 11.9. The Kier molecular flexibility index (Phi) is 6.40. The molecule has 1 aliphatic carbocycles. The van der Waals surface area contributed by atoms with Crippen molar-refractivity contribution in [3.05, 3.63) is 28.7 Å². The topological polar surface area (TPSA) is 75.3 Å². The first-order valence-electron chi connectivity index (χ1n) is 7.49. The smallest absolute Gasteiger partial charge is 0.240 e. The lowest BCUT2D eigenvalue weighted by Crippen LogP contribution is -2.32. The minimum absolute atomic E-state index is 0.103. The molecule has 2 N–H and O–H groups in total. The van der Waals surface area contributed by atoms with Gasteiger partial charge in [0.15, 0.2) is 0 Å². The highest BCUT2D eigenvalue weighted by Gasteiger charge is 2.17. The van der Waals surface area contributed by atoms with Crippen LogP contribution in [0.4, 0.5) is 0 Å². The molecule has 0 atom stereocenters. The number of benzene rings is 1. The first-order chi connectivity index (χ1) is 10.5. The summed E-state index contributed by atoms with van der Waals surface area (Å²) in [5, 5.41) is 2.88. The highest BCUT2D eigenvalue weighted by molar-refractivity contribution is 9.10. The van der Waals surface area contributed by atoms with Gasteiger partial charge in [-0.1, -0.05) is 34.8 Å². The molecule has 0 spiro atoms. The number of halogens is 1. The second-order valence-corrected chi connectivity index (χ2v) is 8.24. The van der Waals surface area contributed by atoms with Crippen LogP contribution in [0.3, 0.4) is 0 Å². The monoisotopic (exact) mass is 388 g/mol. The number of nitrogens with one attached hydrogen (secondary N) is 2. The van der Waals surface area contributed by atoms with Gasteiger partial charge in [0.1, 0.15) is 0 Å². The van der Waals surface area contributed by atoms with Crippen molar-refractivity contribution in [3.8, 4) is 0 Å². The number of hydrogen-bond acceptors (Lipinski definition) is 3. The summed E-state index contributed by atoms with van der Waals surface area (Å²) in [6.07, 6.45) is 4.99. The van der Waals surface area contributed by atoms with E-state index in [1.165, 1.54) is 37.8 Å². The first kappa shape index (κ1) is 17.4. The molecule has 0 bridgehead atoms. The van der Waals surface area contributed by atoms with Gasteiger partial charge in [0.05, 0.1) is 4.90 Å². The number of amides is 1. The quantitative estimate of drug-likeness (QED) is 0.752. The number of sulfonamides is 1. The van der Waals surface area contributed by atoms with Crippen LogP contribution >= 0.6 is 15.9 Å². The molecular formula is C15H21BrN2O3S. The zero-order valence-electron chi connectivity index (χ0n) is 12.3. The van der Waals surface area contributed by atoms with E-state index in [2.05, 4.69) is 26.0 Å². The van der Waals surface area contributed by atoms with Crippen LogP contribution in [0.5, 0.6) is 0 Å². The van der Waals surface area contributed by atoms with E-state index < -0.39 is 10.0 Å². The summed E-state index contributed by atoms with van der Waals surface area (Å²) in [6, 6.07) is 6.47. The molecule has 0 unspecified atom stereocenters. The maximum absolute atomic E-state index is 12.1. The molecule has 1 aromatic rings. The molecule has 5 nitrogen and oxygen atoms in total. The summed E-state index contributed by atoms with van der Waals surface area (Å²) in [7, 11) is -3.57. The van der Waals surface area contributed by atoms with E-state index in [1.807, 2.05) is 0 Å². The summed E-state index contributed by atoms with van der Waals surface area (Å²) >= 11 is 3.24. The summed E-state index contributed by atoms with van der Waals surface area (Å²) < 4.78 is 27.3. The zero-order chi connectivity index (χ0) is 16.0. The van der Waals surface area contributed by atoms with Crippen molar-refractivity contribution < 1.29 is 13.2 Å². The Morgan fingerprint density at radius 3 is 2.68 bits per heavy atom. The molecule has 1 saturated carbocycles. The number of carbonyl (C=O) groups is 1. The average Bonchev–Trinajstić information content (AvgIpc) is 2.98. The molecule has 1 aromatic carbocycles. The van der Waals surface area contributed by atoms with Crippen molar-refractivity contribution >= 4 is 31.9 Å².